The third-order valence-electron chi connectivity index (χ3n) is 6.99. The number of esters is 5. The molecule has 2 aliphatic rings. The maximum absolute atomic E-state index is 12.5. The molecule has 50 heavy (non-hydrogen) atoms. The molecule has 0 saturated carbocycles. The van der Waals surface area contributed by atoms with Gasteiger partial charge in [-0.25, -0.2) is 8.42 Å². The second kappa shape index (κ2) is 18.7. The molecular formula is C30H44N2O17S. The Bertz CT molecular complexity index is 1420. The molecule has 2 N–H and O–H groups in total. The topological polar surface area (TPSA) is 252 Å². The van der Waals surface area contributed by atoms with E-state index in [1.54, 1.807) is 0 Å². The van der Waals surface area contributed by atoms with Gasteiger partial charge in [0.15, 0.2) is 34.4 Å². The smallest absolute Gasteiger partial charge is 0.303 e. The van der Waals surface area contributed by atoms with Crippen molar-refractivity contribution in [2.24, 2.45) is 0 Å². The SMILES string of the molecule is CC(=O)N[C@@H]1[C@@H](OC(C)=O)[C@H](O[C@@H]2O[C@H](COC(C)=O)[C@@H](OC(C)=O)[C@H](OC(C)=O)[C@H]2NC(C)=O)[C@@H](COC(C)=O)O[C@H]1C/C=C/S(C)(=O)=O. The monoisotopic (exact) mass is 736 g/mol. The highest BCUT2D eigenvalue weighted by Gasteiger charge is 2.55. The molecule has 20 heteroatoms. The normalized spacial score (nSPS) is 29.6. The van der Waals surface area contributed by atoms with Crippen molar-refractivity contribution < 1.29 is 79.9 Å². The van der Waals surface area contributed by atoms with Crippen molar-refractivity contribution in [2.75, 3.05) is 19.5 Å². The van der Waals surface area contributed by atoms with E-state index in [1.165, 1.54) is 13.0 Å². The molecular weight excluding hydrogens is 692 g/mol. The average Bonchev–Trinajstić information content (AvgIpc) is 2.95. The standard InChI is InChI=1S/C30H44N2O17S/c1-14(33)31-24-21(10-9-11-50(8,40)41)47-22(12-42-16(3)35)27(28(24)45-19(6)38)49-30-25(32-15(2)34)29(46-20(7)39)26(44-18(5)37)23(48-30)13-43-17(4)36/h9,11,21-30H,10,12-13H2,1-8H3,(H,31,33)(H,32,34)/b11-9+/t21-,22+,23+,24-,25+,26+,27+,28+,29+,30-/m0/s1. The highest BCUT2D eigenvalue weighted by molar-refractivity contribution is 7.93. The molecule has 0 radical (unpaired) electrons. The van der Waals surface area contributed by atoms with Crippen LogP contribution < -0.4 is 10.6 Å². The van der Waals surface area contributed by atoms with Crippen molar-refractivity contribution >= 4 is 51.5 Å². The van der Waals surface area contributed by atoms with Crippen molar-refractivity contribution in [2.45, 2.75) is 116 Å². The molecule has 19 nitrogen and oxygen atoms in total. The van der Waals surface area contributed by atoms with Gasteiger partial charge in [-0.1, -0.05) is 6.08 Å². The van der Waals surface area contributed by atoms with Gasteiger partial charge in [0.2, 0.25) is 11.8 Å². The van der Waals surface area contributed by atoms with Gasteiger partial charge in [-0.05, 0) is 6.42 Å². The Balaban J connectivity index is 2.75. The molecule has 2 aliphatic heterocycles. The van der Waals surface area contributed by atoms with Gasteiger partial charge in [-0.2, -0.15) is 0 Å². The van der Waals surface area contributed by atoms with Crippen LogP contribution in [0.15, 0.2) is 11.5 Å². The summed E-state index contributed by atoms with van der Waals surface area (Å²) in [7, 11) is -3.57. The fraction of sp³-hybridized carbons (Fsp3) is 0.700. The van der Waals surface area contributed by atoms with E-state index in [-0.39, 0.29) is 6.42 Å². The number of carbonyl (C=O) groups excluding carboxylic acids is 7. The molecule has 0 unspecified atom stereocenters. The highest BCUT2D eigenvalue weighted by atomic mass is 32.2. The maximum atomic E-state index is 12.5. The lowest BCUT2D eigenvalue weighted by Crippen LogP contribution is -2.70. The van der Waals surface area contributed by atoms with Crippen molar-refractivity contribution in [3.05, 3.63) is 11.5 Å². The van der Waals surface area contributed by atoms with Crippen molar-refractivity contribution in [1.82, 2.24) is 10.6 Å². The first-order chi connectivity index (χ1) is 23.2. The lowest BCUT2D eigenvalue weighted by Gasteiger charge is -2.49. The van der Waals surface area contributed by atoms with E-state index in [1.807, 2.05) is 0 Å². The van der Waals surface area contributed by atoms with Crippen LogP contribution in [0.2, 0.25) is 0 Å². The Labute approximate surface area is 288 Å². The molecule has 0 bridgehead atoms. The number of carbonyl (C=O) groups is 7. The number of ether oxygens (including phenoxy) is 8. The number of sulfone groups is 1. The molecule has 2 fully saturated rings. The minimum Gasteiger partial charge on any atom is -0.463 e. The number of amides is 2. The Morgan fingerprint density at radius 1 is 0.600 bits per heavy atom. The summed E-state index contributed by atoms with van der Waals surface area (Å²) in [6.07, 6.45) is -9.26. The quantitative estimate of drug-likeness (QED) is 0.156. The Morgan fingerprint density at radius 2 is 1.04 bits per heavy atom. The van der Waals surface area contributed by atoms with Crippen LogP contribution in [-0.2, 0) is 81.3 Å². The molecule has 0 aromatic rings. The van der Waals surface area contributed by atoms with E-state index >= 15 is 0 Å². The zero-order valence-electron chi connectivity index (χ0n) is 28.9. The molecule has 0 aliphatic carbocycles. The van der Waals surface area contributed by atoms with E-state index in [0.717, 1.165) is 53.2 Å². The Hall–Kier alpha value is -4.14. The summed E-state index contributed by atoms with van der Waals surface area (Å²) in [6, 6.07) is -2.66. The van der Waals surface area contributed by atoms with Crippen LogP contribution in [0.3, 0.4) is 0 Å². The first-order valence-electron chi connectivity index (χ1n) is 15.3. The summed E-state index contributed by atoms with van der Waals surface area (Å²) in [5.74, 6) is -5.30. The van der Waals surface area contributed by atoms with Crippen molar-refractivity contribution in [1.29, 1.82) is 0 Å². The van der Waals surface area contributed by atoms with Gasteiger partial charge < -0.3 is 48.5 Å². The summed E-state index contributed by atoms with van der Waals surface area (Å²) >= 11 is 0. The first-order valence-corrected chi connectivity index (χ1v) is 17.3. The lowest BCUT2D eigenvalue weighted by atomic mass is 9.90. The Morgan fingerprint density at radius 3 is 1.48 bits per heavy atom. The fourth-order valence-electron chi connectivity index (χ4n) is 5.38. The van der Waals surface area contributed by atoms with Crippen LogP contribution in [0.25, 0.3) is 0 Å². The second-order valence-electron chi connectivity index (χ2n) is 11.6. The average molecular weight is 737 g/mol. The Kier molecular flexibility index (Phi) is 15.8. The second-order valence-corrected chi connectivity index (χ2v) is 13.5. The van der Waals surface area contributed by atoms with E-state index in [0.29, 0.717) is 0 Å². The zero-order valence-corrected chi connectivity index (χ0v) is 29.7. The number of hydrogen-bond donors (Lipinski definition) is 2. The first kappa shape index (κ1) is 42.0. The summed E-state index contributed by atoms with van der Waals surface area (Å²) in [5, 5.41) is 6.09. The van der Waals surface area contributed by atoms with Crippen LogP contribution in [0, 0.1) is 0 Å². The van der Waals surface area contributed by atoms with Crippen molar-refractivity contribution in [3.63, 3.8) is 0 Å². The molecule has 2 heterocycles. The molecule has 10 atom stereocenters. The van der Waals surface area contributed by atoms with Crippen LogP contribution >= 0.6 is 0 Å². The van der Waals surface area contributed by atoms with Gasteiger partial charge in [0.1, 0.15) is 37.6 Å². The van der Waals surface area contributed by atoms with Gasteiger partial charge in [-0.3, -0.25) is 33.6 Å². The maximum Gasteiger partial charge on any atom is 0.303 e. The van der Waals surface area contributed by atoms with Crippen LogP contribution in [0.5, 0.6) is 0 Å². The van der Waals surface area contributed by atoms with Gasteiger partial charge in [0, 0.05) is 60.1 Å². The van der Waals surface area contributed by atoms with Crippen LogP contribution in [-0.4, -0.2) is 131 Å². The largest absolute Gasteiger partial charge is 0.463 e. The molecule has 0 aromatic carbocycles. The van der Waals surface area contributed by atoms with Gasteiger partial charge in [0.05, 0.1) is 12.1 Å². The summed E-state index contributed by atoms with van der Waals surface area (Å²) in [4.78, 5) is 85.4. The minimum absolute atomic E-state index is 0.142. The fourth-order valence-corrected chi connectivity index (χ4v) is 5.84. The molecule has 282 valence electrons. The predicted molar refractivity (Wildman–Crippen MR) is 166 cm³/mol. The van der Waals surface area contributed by atoms with Gasteiger partial charge >= 0.3 is 29.8 Å². The van der Waals surface area contributed by atoms with Gasteiger partial charge in [-0.15, -0.1) is 0 Å². The van der Waals surface area contributed by atoms with Crippen LogP contribution in [0.1, 0.15) is 54.9 Å². The van der Waals surface area contributed by atoms with E-state index in [9.17, 15) is 42.0 Å². The van der Waals surface area contributed by atoms with E-state index in [4.69, 9.17) is 37.9 Å². The molecule has 0 aromatic heterocycles. The predicted octanol–water partition coefficient (Wildman–Crippen LogP) is -1.26. The number of rotatable bonds is 14. The number of nitrogens with one attached hydrogen (secondary N) is 2. The molecule has 0 spiro atoms. The summed E-state index contributed by atoms with van der Waals surface area (Å²) in [5.41, 5.74) is 0. The van der Waals surface area contributed by atoms with E-state index < -0.39 is 126 Å². The zero-order chi connectivity index (χ0) is 37.9. The third kappa shape index (κ3) is 13.6. The van der Waals surface area contributed by atoms with Crippen molar-refractivity contribution in [3.8, 4) is 0 Å². The molecule has 2 rings (SSSR count). The summed E-state index contributed by atoms with van der Waals surface area (Å²) < 4.78 is 69.1. The minimum atomic E-state index is -3.57. The van der Waals surface area contributed by atoms with Gasteiger partial charge in [0.25, 0.3) is 0 Å². The lowest BCUT2D eigenvalue weighted by molar-refractivity contribution is -0.317. The van der Waals surface area contributed by atoms with E-state index in [2.05, 4.69) is 10.6 Å². The highest BCUT2D eigenvalue weighted by Crippen LogP contribution is 2.34. The molecule has 2 amide bonds. The molecule has 2 saturated heterocycles. The third-order valence-corrected chi connectivity index (χ3v) is 7.68. The summed E-state index contributed by atoms with van der Waals surface area (Å²) in [6.45, 7) is 6.65. The van der Waals surface area contributed by atoms with Crippen LogP contribution in [0.4, 0.5) is 0 Å². The number of hydrogen-bond acceptors (Lipinski definition) is 17.